The van der Waals surface area contributed by atoms with Crippen molar-refractivity contribution in [3.63, 3.8) is 0 Å². The molecule has 1 aromatic carbocycles. The third kappa shape index (κ3) is 7.27. The molecule has 0 bridgehead atoms. The lowest BCUT2D eigenvalue weighted by Crippen LogP contribution is -2.50. The Labute approximate surface area is 135 Å². The molecule has 5 heteroatoms. The Balaban J connectivity index is 2.93. The van der Waals surface area contributed by atoms with Crippen molar-refractivity contribution < 1.29 is 4.79 Å². The molecule has 0 atom stereocenters. The lowest BCUT2D eigenvalue weighted by Gasteiger charge is -2.26. The second-order valence-electron chi connectivity index (χ2n) is 6.97. The number of hydrogen-bond donors (Lipinski definition) is 2. The van der Waals surface area contributed by atoms with Crippen LogP contribution in [0, 0.1) is 0 Å². The molecule has 116 valence electrons. The number of benzene rings is 1. The monoisotopic (exact) mass is 353 g/mol. The second-order valence-corrected chi connectivity index (χ2v) is 7.88. The average molecular weight is 354 g/mol. The van der Waals surface area contributed by atoms with E-state index in [-0.39, 0.29) is 17.0 Å². The normalized spacial score (nSPS) is 13.0. The number of rotatable bonds is 1. The van der Waals surface area contributed by atoms with Crippen LogP contribution in [0.15, 0.2) is 33.7 Å². The van der Waals surface area contributed by atoms with E-state index in [2.05, 4.69) is 31.6 Å². The molecular weight excluding hydrogens is 330 g/mol. The van der Waals surface area contributed by atoms with Gasteiger partial charge in [0, 0.05) is 15.6 Å². The number of guanidine groups is 1. The van der Waals surface area contributed by atoms with E-state index in [4.69, 9.17) is 0 Å². The van der Waals surface area contributed by atoms with Gasteiger partial charge in [-0.2, -0.15) is 0 Å². The number of amides is 1. The zero-order valence-electron chi connectivity index (χ0n) is 13.5. The molecule has 0 heterocycles. The SMILES string of the molecule is CC(C)(C)N=C(NC(=O)c1ccc(Br)cc1)NC(C)(C)C. The van der Waals surface area contributed by atoms with Crippen molar-refractivity contribution >= 4 is 27.8 Å². The molecule has 1 aromatic rings. The van der Waals surface area contributed by atoms with Crippen LogP contribution in [0.2, 0.25) is 0 Å². The molecule has 21 heavy (non-hydrogen) atoms. The largest absolute Gasteiger partial charge is 0.351 e. The molecule has 0 spiro atoms. The first-order valence-corrected chi connectivity index (χ1v) is 7.70. The van der Waals surface area contributed by atoms with E-state index in [1.54, 1.807) is 12.1 Å². The van der Waals surface area contributed by atoms with E-state index in [1.165, 1.54) is 0 Å². The number of halogens is 1. The Bertz CT molecular complexity index is 522. The minimum atomic E-state index is -0.277. The lowest BCUT2D eigenvalue weighted by molar-refractivity contribution is 0.0975. The highest BCUT2D eigenvalue weighted by atomic mass is 79.9. The maximum absolute atomic E-state index is 12.3. The maximum atomic E-state index is 12.3. The summed E-state index contributed by atoms with van der Waals surface area (Å²) in [6, 6.07) is 7.22. The number of nitrogens with one attached hydrogen (secondary N) is 2. The number of carbonyl (C=O) groups excluding carboxylic acids is 1. The Morgan fingerprint density at radius 1 is 1.05 bits per heavy atom. The molecule has 0 fully saturated rings. The van der Waals surface area contributed by atoms with Gasteiger partial charge in [0.2, 0.25) is 0 Å². The number of aliphatic imine (C=N–C) groups is 1. The second kappa shape index (κ2) is 6.60. The third-order valence-electron chi connectivity index (χ3n) is 2.28. The number of carbonyl (C=O) groups is 1. The smallest absolute Gasteiger partial charge is 0.257 e. The fraction of sp³-hybridized carbons (Fsp3) is 0.500. The lowest BCUT2D eigenvalue weighted by atomic mass is 10.1. The molecule has 2 N–H and O–H groups in total. The summed E-state index contributed by atoms with van der Waals surface area (Å²) >= 11 is 3.36. The molecule has 0 aliphatic rings. The van der Waals surface area contributed by atoms with E-state index in [0.29, 0.717) is 11.5 Å². The van der Waals surface area contributed by atoms with Gasteiger partial charge in [-0.1, -0.05) is 15.9 Å². The molecule has 1 amide bonds. The van der Waals surface area contributed by atoms with Crippen molar-refractivity contribution in [1.82, 2.24) is 10.6 Å². The highest BCUT2D eigenvalue weighted by Crippen LogP contribution is 2.11. The zero-order valence-corrected chi connectivity index (χ0v) is 15.1. The van der Waals surface area contributed by atoms with Crippen molar-refractivity contribution in [3.8, 4) is 0 Å². The van der Waals surface area contributed by atoms with Crippen LogP contribution >= 0.6 is 15.9 Å². The predicted octanol–water partition coefficient (Wildman–Crippen LogP) is 3.72. The summed E-state index contributed by atoms with van der Waals surface area (Å²) in [4.78, 5) is 16.8. The summed E-state index contributed by atoms with van der Waals surface area (Å²) in [5.74, 6) is 0.310. The quantitative estimate of drug-likeness (QED) is 0.597. The average Bonchev–Trinajstić information content (AvgIpc) is 2.24. The minimum Gasteiger partial charge on any atom is -0.351 e. The van der Waals surface area contributed by atoms with Crippen LogP contribution in [0.1, 0.15) is 51.9 Å². The minimum absolute atomic E-state index is 0.178. The van der Waals surface area contributed by atoms with Gasteiger partial charge in [-0.25, -0.2) is 4.99 Å². The summed E-state index contributed by atoms with van der Waals surface area (Å²) < 4.78 is 0.940. The van der Waals surface area contributed by atoms with Crippen molar-refractivity contribution in [2.24, 2.45) is 4.99 Å². The Morgan fingerprint density at radius 2 is 1.57 bits per heavy atom. The first kappa shape index (κ1) is 17.7. The topological polar surface area (TPSA) is 53.5 Å². The number of hydrogen-bond acceptors (Lipinski definition) is 2. The fourth-order valence-corrected chi connectivity index (χ4v) is 1.82. The zero-order chi connectivity index (χ0) is 16.3. The molecule has 0 aliphatic heterocycles. The third-order valence-corrected chi connectivity index (χ3v) is 2.81. The summed E-state index contributed by atoms with van der Waals surface area (Å²) in [6.45, 7) is 12.0. The highest BCUT2D eigenvalue weighted by molar-refractivity contribution is 9.10. The van der Waals surface area contributed by atoms with Crippen LogP contribution in [-0.4, -0.2) is 22.9 Å². The first-order valence-electron chi connectivity index (χ1n) is 6.91. The Hall–Kier alpha value is -1.36. The van der Waals surface area contributed by atoms with E-state index in [1.807, 2.05) is 53.7 Å². The summed E-state index contributed by atoms with van der Waals surface area (Å²) in [5.41, 5.74) is 0.132. The molecule has 0 unspecified atom stereocenters. The van der Waals surface area contributed by atoms with Gasteiger partial charge in [-0.15, -0.1) is 0 Å². The van der Waals surface area contributed by atoms with Crippen LogP contribution in [-0.2, 0) is 0 Å². The van der Waals surface area contributed by atoms with Gasteiger partial charge in [0.15, 0.2) is 5.96 Å². The van der Waals surface area contributed by atoms with Crippen LogP contribution in [0.3, 0.4) is 0 Å². The van der Waals surface area contributed by atoms with E-state index in [9.17, 15) is 4.79 Å². The molecule has 0 aliphatic carbocycles. The standard InChI is InChI=1S/C16H24BrN3O/c1-15(2,3)19-14(20-16(4,5)6)18-13(21)11-7-9-12(17)10-8-11/h7-10H,1-6H3,(H2,18,19,20,21). The van der Waals surface area contributed by atoms with E-state index < -0.39 is 0 Å². The van der Waals surface area contributed by atoms with Crippen LogP contribution in [0.4, 0.5) is 0 Å². The van der Waals surface area contributed by atoms with E-state index >= 15 is 0 Å². The molecule has 0 radical (unpaired) electrons. The Kier molecular flexibility index (Phi) is 5.56. The summed E-state index contributed by atoms with van der Waals surface area (Å²) in [6.07, 6.45) is 0. The van der Waals surface area contributed by atoms with Crippen molar-refractivity contribution in [1.29, 1.82) is 0 Å². The molecule has 4 nitrogen and oxygen atoms in total. The van der Waals surface area contributed by atoms with Crippen LogP contribution in [0.5, 0.6) is 0 Å². The van der Waals surface area contributed by atoms with Gasteiger partial charge < -0.3 is 5.32 Å². The van der Waals surface area contributed by atoms with Crippen molar-refractivity contribution in [3.05, 3.63) is 34.3 Å². The molecule has 0 aromatic heterocycles. The molecule has 0 saturated carbocycles. The molecule has 0 saturated heterocycles. The Morgan fingerprint density at radius 3 is 2.00 bits per heavy atom. The van der Waals surface area contributed by atoms with Crippen LogP contribution < -0.4 is 10.6 Å². The number of nitrogens with zero attached hydrogens (tertiary/aromatic N) is 1. The van der Waals surface area contributed by atoms with Gasteiger partial charge in [0.1, 0.15) is 0 Å². The van der Waals surface area contributed by atoms with Gasteiger partial charge in [-0.05, 0) is 65.8 Å². The predicted molar refractivity (Wildman–Crippen MR) is 91.7 cm³/mol. The van der Waals surface area contributed by atoms with Crippen molar-refractivity contribution in [2.45, 2.75) is 52.6 Å². The molecular formula is C16H24BrN3O. The first-order chi connectivity index (χ1) is 9.46. The van der Waals surface area contributed by atoms with Gasteiger partial charge >= 0.3 is 0 Å². The summed E-state index contributed by atoms with van der Waals surface area (Å²) in [7, 11) is 0. The molecule has 1 rings (SSSR count). The van der Waals surface area contributed by atoms with Gasteiger partial charge in [-0.3, -0.25) is 10.1 Å². The van der Waals surface area contributed by atoms with Gasteiger partial charge in [0.05, 0.1) is 5.54 Å². The fourth-order valence-electron chi connectivity index (χ4n) is 1.56. The summed E-state index contributed by atoms with van der Waals surface area (Å²) in [5, 5.41) is 6.08. The van der Waals surface area contributed by atoms with Crippen molar-refractivity contribution in [2.75, 3.05) is 0 Å². The van der Waals surface area contributed by atoms with Gasteiger partial charge in [0.25, 0.3) is 5.91 Å². The highest BCUT2D eigenvalue weighted by Gasteiger charge is 2.18. The van der Waals surface area contributed by atoms with E-state index in [0.717, 1.165) is 4.47 Å². The van der Waals surface area contributed by atoms with Crippen LogP contribution in [0.25, 0.3) is 0 Å². The maximum Gasteiger partial charge on any atom is 0.257 e.